The highest BCUT2D eigenvalue weighted by Gasteiger charge is 2.07. The average molecular weight is 330 g/mol. The summed E-state index contributed by atoms with van der Waals surface area (Å²) < 4.78 is 0. The first kappa shape index (κ1) is 24.7. The van der Waals surface area contributed by atoms with E-state index in [1.165, 1.54) is 96.7 Å². The largest absolute Gasteiger partial charge is 0.550 e. The van der Waals surface area contributed by atoms with Gasteiger partial charge >= 0.3 is 0 Å². The van der Waals surface area contributed by atoms with Gasteiger partial charge in [-0.25, -0.2) is 0 Å². The minimum atomic E-state index is -1.08. The van der Waals surface area contributed by atoms with Crippen LogP contribution in [0.4, 0.5) is 0 Å². The zero-order valence-corrected chi connectivity index (χ0v) is 16.4. The predicted octanol–water partition coefficient (Wildman–Crippen LogP) is 3.37. The molecular formula is C20H43NO2. The zero-order chi connectivity index (χ0) is 17.8. The molecule has 0 aromatic carbocycles. The van der Waals surface area contributed by atoms with Gasteiger partial charge in [-0.05, 0) is 45.4 Å². The van der Waals surface area contributed by atoms with Crippen molar-refractivity contribution in [1.29, 1.82) is 0 Å². The molecule has 0 saturated heterocycles. The number of carbonyl (C=O) groups is 1. The van der Waals surface area contributed by atoms with Crippen LogP contribution >= 0.6 is 0 Å². The smallest absolute Gasteiger partial charge is 0.0770 e. The van der Waals surface area contributed by atoms with Crippen molar-refractivity contribution < 1.29 is 14.8 Å². The van der Waals surface area contributed by atoms with Crippen LogP contribution in [-0.4, -0.2) is 25.6 Å². The Balaban J connectivity index is 0. The molecule has 0 aliphatic carbocycles. The van der Waals surface area contributed by atoms with Crippen molar-refractivity contribution in [1.82, 2.24) is 0 Å². The number of rotatable bonds is 15. The van der Waals surface area contributed by atoms with Gasteiger partial charge in [-0.2, -0.15) is 0 Å². The van der Waals surface area contributed by atoms with Crippen molar-refractivity contribution in [2.24, 2.45) is 0 Å². The molecule has 23 heavy (non-hydrogen) atoms. The molecule has 0 radical (unpaired) electrons. The lowest BCUT2D eigenvalue weighted by molar-refractivity contribution is -0.900. The maximum atomic E-state index is 8.89. The summed E-state index contributed by atoms with van der Waals surface area (Å²) in [6.45, 7) is 12.2. The first-order valence-electron chi connectivity index (χ1n) is 10.1. The summed E-state index contributed by atoms with van der Waals surface area (Å²) in [4.78, 5) is 10.8. The lowest BCUT2D eigenvalue weighted by Gasteiger charge is -2.19. The number of nitrogens with one attached hydrogen (secondary N) is 1. The van der Waals surface area contributed by atoms with Crippen molar-refractivity contribution in [3.8, 4) is 0 Å². The van der Waals surface area contributed by atoms with E-state index >= 15 is 0 Å². The number of carboxylic acids is 1. The van der Waals surface area contributed by atoms with Gasteiger partial charge in [0.25, 0.3) is 0 Å². The average Bonchev–Trinajstić information content (AvgIpc) is 2.50. The molecular weight excluding hydrogens is 286 g/mol. The van der Waals surface area contributed by atoms with Gasteiger partial charge in [0.05, 0.1) is 19.6 Å². The molecule has 0 heterocycles. The van der Waals surface area contributed by atoms with Gasteiger partial charge in [-0.15, -0.1) is 0 Å². The molecule has 3 heteroatoms. The SMILES string of the molecule is CC(=O)[O-].CCCCCC[NH+](CCCCCC)CCCCCC. The maximum Gasteiger partial charge on any atom is 0.0770 e. The lowest BCUT2D eigenvalue weighted by atomic mass is 10.1. The Bertz CT molecular complexity index is 199. The van der Waals surface area contributed by atoms with Crippen molar-refractivity contribution in [3.05, 3.63) is 0 Å². The quantitative estimate of drug-likeness (QED) is 0.468. The van der Waals surface area contributed by atoms with E-state index in [1.54, 1.807) is 0 Å². The Morgan fingerprint density at radius 1 is 0.652 bits per heavy atom. The van der Waals surface area contributed by atoms with Crippen LogP contribution in [0.25, 0.3) is 0 Å². The molecule has 0 aliphatic rings. The number of carboxylic acid groups (broad SMARTS) is 1. The molecule has 0 rings (SSSR count). The van der Waals surface area contributed by atoms with E-state index in [1.807, 2.05) is 4.90 Å². The van der Waals surface area contributed by atoms with Crippen LogP contribution in [0.5, 0.6) is 0 Å². The lowest BCUT2D eigenvalue weighted by Crippen LogP contribution is -3.12. The Morgan fingerprint density at radius 3 is 1.13 bits per heavy atom. The van der Waals surface area contributed by atoms with E-state index in [9.17, 15) is 0 Å². The van der Waals surface area contributed by atoms with E-state index in [4.69, 9.17) is 9.90 Å². The molecule has 0 amide bonds. The number of quaternary nitrogens is 1. The first-order valence-corrected chi connectivity index (χ1v) is 10.1. The molecule has 0 aliphatic heterocycles. The van der Waals surface area contributed by atoms with Crippen molar-refractivity contribution >= 4 is 5.97 Å². The van der Waals surface area contributed by atoms with Gasteiger partial charge in [0.15, 0.2) is 0 Å². The predicted molar refractivity (Wildman–Crippen MR) is 98.7 cm³/mol. The van der Waals surface area contributed by atoms with Crippen molar-refractivity contribution in [2.75, 3.05) is 19.6 Å². The monoisotopic (exact) mass is 329 g/mol. The molecule has 0 aromatic rings. The highest BCUT2D eigenvalue weighted by atomic mass is 16.4. The number of unbranched alkanes of at least 4 members (excludes halogenated alkanes) is 9. The molecule has 0 atom stereocenters. The number of carbonyl (C=O) groups excluding carboxylic acids is 1. The van der Waals surface area contributed by atoms with Gasteiger partial charge in [-0.3, -0.25) is 0 Å². The third-order valence-electron chi connectivity index (χ3n) is 4.15. The summed E-state index contributed by atoms with van der Waals surface area (Å²) in [6, 6.07) is 0. The normalized spacial score (nSPS) is 10.5. The molecule has 3 nitrogen and oxygen atoms in total. The summed E-state index contributed by atoms with van der Waals surface area (Å²) in [5.74, 6) is -1.08. The molecule has 0 spiro atoms. The molecule has 0 fully saturated rings. The molecule has 0 saturated carbocycles. The zero-order valence-electron chi connectivity index (χ0n) is 16.4. The Labute approximate surface area is 145 Å². The third-order valence-corrected chi connectivity index (χ3v) is 4.15. The summed E-state index contributed by atoms with van der Waals surface area (Å²) >= 11 is 0. The second kappa shape index (κ2) is 21.4. The van der Waals surface area contributed by atoms with Crippen molar-refractivity contribution in [3.63, 3.8) is 0 Å². The molecule has 1 N–H and O–H groups in total. The van der Waals surface area contributed by atoms with Gasteiger partial charge in [0, 0.05) is 5.97 Å². The minimum Gasteiger partial charge on any atom is -0.550 e. The highest BCUT2D eigenvalue weighted by molar-refractivity contribution is 5.60. The van der Waals surface area contributed by atoms with Crippen molar-refractivity contribution in [2.45, 2.75) is 105 Å². The van der Waals surface area contributed by atoms with E-state index in [0.717, 1.165) is 6.92 Å². The van der Waals surface area contributed by atoms with Crippen LogP contribution in [0.2, 0.25) is 0 Å². The Morgan fingerprint density at radius 2 is 0.913 bits per heavy atom. The second-order valence-electron chi connectivity index (χ2n) is 6.67. The molecule has 0 unspecified atom stereocenters. The Hall–Kier alpha value is -0.570. The van der Waals surface area contributed by atoms with Gasteiger partial charge in [0.2, 0.25) is 0 Å². The minimum absolute atomic E-state index is 0.972. The van der Waals surface area contributed by atoms with Crippen LogP contribution in [0.1, 0.15) is 105 Å². The van der Waals surface area contributed by atoms with E-state index in [-0.39, 0.29) is 0 Å². The molecule has 0 aromatic heterocycles. The van der Waals surface area contributed by atoms with E-state index < -0.39 is 5.97 Å². The number of hydrogen-bond acceptors (Lipinski definition) is 2. The highest BCUT2D eigenvalue weighted by Crippen LogP contribution is 1.99. The summed E-state index contributed by atoms with van der Waals surface area (Å²) in [5.41, 5.74) is 0. The van der Waals surface area contributed by atoms with Crippen LogP contribution in [-0.2, 0) is 4.79 Å². The fourth-order valence-corrected chi connectivity index (χ4v) is 2.78. The summed E-state index contributed by atoms with van der Waals surface area (Å²) in [7, 11) is 0. The third kappa shape index (κ3) is 26.6. The Kier molecular flexibility index (Phi) is 23.0. The van der Waals surface area contributed by atoms with Crippen LogP contribution in [0.3, 0.4) is 0 Å². The molecule has 0 bridgehead atoms. The first-order chi connectivity index (χ1) is 11.1. The van der Waals surface area contributed by atoms with Gasteiger partial charge in [0.1, 0.15) is 0 Å². The summed E-state index contributed by atoms with van der Waals surface area (Å²) in [6.07, 6.45) is 17.1. The van der Waals surface area contributed by atoms with Gasteiger partial charge in [-0.1, -0.05) is 59.3 Å². The number of aliphatic carboxylic acids is 1. The van der Waals surface area contributed by atoms with E-state index in [2.05, 4.69) is 20.8 Å². The van der Waals surface area contributed by atoms with Crippen LogP contribution in [0.15, 0.2) is 0 Å². The van der Waals surface area contributed by atoms with Crippen LogP contribution < -0.4 is 10.0 Å². The van der Waals surface area contributed by atoms with E-state index in [0.29, 0.717) is 0 Å². The fourth-order valence-electron chi connectivity index (χ4n) is 2.78. The summed E-state index contributed by atoms with van der Waals surface area (Å²) in [5, 5.41) is 8.89. The van der Waals surface area contributed by atoms with Crippen LogP contribution in [0, 0.1) is 0 Å². The second-order valence-corrected chi connectivity index (χ2v) is 6.67. The van der Waals surface area contributed by atoms with Gasteiger partial charge < -0.3 is 14.8 Å². The maximum absolute atomic E-state index is 8.89. The fraction of sp³-hybridized carbons (Fsp3) is 0.950. The topological polar surface area (TPSA) is 44.6 Å². The standard InChI is InChI=1S/C18H39N.C2H4O2/c1-4-7-10-13-16-19(17-14-11-8-5-2)18-15-12-9-6-3;1-2(3)4/h4-18H2,1-3H3;1H3,(H,3,4). The molecule has 140 valence electrons. The number of hydrogen-bond donors (Lipinski definition) is 1.